The average Bonchev–Trinajstić information content (AvgIpc) is 3.01. The molecule has 1 aromatic heterocycles. The third kappa shape index (κ3) is 3.75. The normalized spacial score (nSPS) is 12.4. The van der Waals surface area contributed by atoms with Crippen molar-refractivity contribution in [2.75, 3.05) is 0 Å². The topological polar surface area (TPSA) is 86.2 Å². The summed E-state index contributed by atoms with van der Waals surface area (Å²) in [6, 6.07) is 6.85. The molecule has 0 amide bonds. The molecule has 2 N–H and O–H groups in total. The lowest BCUT2D eigenvalue weighted by atomic mass is 9.98. The molecule has 0 fully saturated rings. The van der Waals surface area contributed by atoms with Crippen molar-refractivity contribution in [3.05, 3.63) is 58.6 Å². The van der Waals surface area contributed by atoms with Gasteiger partial charge in [-0.2, -0.15) is 13.2 Å². The van der Waals surface area contributed by atoms with Crippen LogP contribution in [0.1, 0.15) is 11.3 Å². The number of nitrogens with two attached hydrogens (primary N) is 1. The lowest BCUT2D eigenvalue weighted by Crippen LogP contribution is -2.14. The summed E-state index contributed by atoms with van der Waals surface area (Å²) in [5.41, 5.74) is -0.162. The Hall–Kier alpha value is -2.43. The lowest BCUT2D eigenvalue weighted by Gasteiger charge is -2.09. The van der Waals surface area contributed by atoms with E-state index in [1.165, 1.54) is 12.1 Å². The van der Waals surface area contributed by atoms with E-state index in [-0.39, 0.29) is 21.8 Å². The van der Waals surface area contributed by atoms with Gasteiger partial charge >= 0.3 is 6.18 Å². The standard InChI is InChI=1S/C17H11ClF4N2O3S/c1-8-2-3-10(6-11(8)18)15-14(16(27-24-15)17(20,21)22)9-4-5-13(12(19)7-9)28(23,25)26/h2-7H,1H3,(H2,23,25,26). The van der Waals surface area contributed by atoms with Gasteiger partial charge in [-0.1, -0.05) is 35.0 Å². The Morgan fingerprint density at radius 1 is 1.11 bits per heavy atom. The first-order chi connectivity index (χ1) is 12.9. The summed E-state index contributed by atoms with van der Waals surface area (Å²) in [5, 5.41) is 8.65. The van der Waals surface area contributed by atoms with Gasteiger partial charge in [0, 0.05) is 10.6 Å². The fourth-order valence-corrected chi connectivity index (χ4v) is 3.34. The molecule has 148 valence electrons. The number of halogens is 5. The Bertz CT molecular complexity index is 1170. The summed E-state index contributed by atoms with van der Waals surface area (Å²) in [7, 11) is -4.38. The minimum Gasteiger partial charge on any atom is -0.350 e. The molecule has 0 aliphatic heterocycles. The summed E-state index contributed by atoms with van der Waals surface area (Å²) in [6.45, 7) is 1.71. The molecule has 3 rings (SSSR count). The van der Waals surface area contributed by atoms with Crippen molar-refractivity contribution >= 4 is 21.6 Å². The predicted octanol–water partition coefficient (Wildman–Crippen LogP) is 4.78. The molecule has 5 nitrogen and oxygen atoms in total. The minimum absolute atomic E-state index is 0.209. The van der Waals surface area contributed by atoms with E-state index in [0.717, 1.165) is 12.1 Å². The van der Waals surface area contributed by atoms with Crippen molar-refractivity contribution in [2.45, 2.75) is 18.0 Å². The van der Waals surface area contributed by atoms with Crippen LogP contribution in [0.4, 0.5) is 17.6 Å². The van der Waals surface area contributed by atoms with Crippen LogP contribution in [0.5, 0.6) is 0 Å². The van der Waals surface area contributed by atoms with Gasteiger partial charge in [-0.05, 0) is 36.2 Å². The molecule has 0 saturated heterocycles. The van der Waals surface area contributed by atoms with Gasteiger partial charge in [-0.25, -0.2) is 17.9 Å². The number of rotatable bonds is 3. The second kappa shape index (κ2) is 6.87. The molecule has 1 heterocycles. The van der Waals surface area contributed by atoms with Gasteiger partial charge in [-0.3, -0.25) is 0 Å². The van der Waals surface area contributed by atoms with Crippen molar-refractivity contribution in [3.63, 3.8) is 0 Å². The van der Waals surface area contributed by atoms with Crippen LogP contribution >= 0.6 is 11.6 Å². The highest BCUT2D eigenvalue weighted by Crippen LogP contribution is 2.43. The van der Waals surface area contributed by atoms with E-state index in [1.54, 1.807) is 13.0 Å². The first-order valence-electron chi connectivity index (χ1n) is 7.55. The summed E-state index contributed by atoms with van der Waals surface area (Å²) >= 11 is 6.03. The third-order valence-electron chi connectivity index (χ3n) is 3.92. The first-order valence-corrected chi connectivity index (χ1v) is 9.48. The number of alkyl halides is 3. The molecule has 0 spiro atoms. The monoisotopic (exact) mass is 434 g/mol. The van der Waals surface area contributed by atoms with Crippen LogP contribution in [0.25, 0.3) is 22.4 Å². The number of primary sulfonamides is 1. The lowest BCUT2D eigenvalue weighted by molar-refractivity contribution is -0.154. The number of nitrogens with zero attached hydrogens (tertiary/aromatic N) is 1. The zero-order valence-corrected chi connectivity index (χ0v) is 15.6. The van der Waals surface area contributed by atoms with E-state index in [0.29, 0.717) is 11.6 Å². The van der Waals surface area contributed by atoms with Crippen LogP contribution in [-0.4, -0.2) is 13.6 Å². The molecule has 11 heteroatoms. The number of aromatic nitrogens is 1. The third-order valence-corrected chi connectivity index (χ3v) is 5.27. The molecule has 0 atom stereocenters. The van der Waals surface area contributed by atoms with E-state index in [1.807, 2.05) is 0 Å². The summed E-state index contributed by atoms with van der Waals surface area (Å²) < 4.78 is 81.6. The minimum atomic E-state index is -4.93. The molecule has 0 bridgehead atoms. The maximum atomic E-state index is 14.2. The highest BCUT2D eigenvalue weighted by molar-refractivity contribution is 7.89. The maximum Gasteiger partial charge on any atom is 0.453 e. The van der Waals surface area contributed by atoms with Crippen molar-refractivity contribution in [1.29, 1.82) is 0 Å². The summed E-state index contributed by atoms with van der Waals surface area (Å²) in [6.07, 6.45) is -4.93. The molecule has 3 aromatic rings. The fourth-order valence-electron chi connectivity index (χ4n) is 2.58. The predicted molar refractivity (Wildman–Crippen MR) is 93.5 cm³/mol. The number of sulfonamides is 1. The quantitative estimate of drug-likeness (QED) is 0.601. The Balaban J connectivity index is 2.28. The van der Waals surface area contributed by atoms with Crippen LogP contribution in [0.15, 0.2) is 45.8 Å². The van der Waals surface area contributed by atoms with Crippen molar-refractivity contribution in [2.24, 2.45) is 5.14 Å². The highest BCUT2D eigenvalue weighted by Gasteiger charge is 2.41. The van der Waals surface area contributed by atoms with Gasteiger partial charge in [0.05, 0.1) is 5.56 Å². The van der Waals surface area contributed by atoms with E-state index in [2.05, 4.69) is 9.68 Å². The second-order valence-electron chi connectivity index (χ2n) is 5.89. The van der Waals surface area contributed by atoms with Crippen LogP contribution in [0.2, 0.25) is 5.02 Å². The van der Waals surface area contributed by atoms with Crippen LogP contribution in [-0.2, 0) is 16.2 Å². The van der Waals surface area contributed by atoms with Gasteiger partial charge in [0.25, 0.3) is 0 Å². The van der Waals surface area contributed by atoms with Crippen LogP contribution in [0, 0.1) is 12.7 Å². The molecule has 0 radical (unpaired) electrons. The number of aryl methyl sites for hydroxylation is 1. The van der Waals surface area contributed by atoms with Gasteiger partial charge in [0.1, 0.15) is 16.4 Å². The second-order valence-corrected chi connectivity index (χ2v) is 7.82. The van der Waals surface area contributed by atoms with Crippen molar-refractivity contribution < 1.29 is 30.5 Å². The van der Waals surface area contributed by atoms with E-state index < -0.39 is 38.2 Å². The molecule has 28 heavy (non-hydrogen) atoms. The smallest absolute Gasteiger partial charge is 0.350 e. The maximum absolute atomic E-state index is 14.2. The first kappa shape index (κ1) is 20.3. The zero-order valence-electron chi connectivity index (χ0n) is 14.0. The van der Waals surface area contributed by atoms with E-state index in [4.69, 9.17) is 16.7 Å². The molecule has 0 unspecified atom stereocenters. The fraction of sp³-hybridized carbons (Fsp3) is 0.118. The molecular formula is C17H11ClF4N2O3S. The van der Waals surface area contributed by atoms with Crippen LogP contribution < -0.4 is 5.14 Å². The molecular weight excluding hydrogens is 424 g/mol. The molecule has 0 saturated carbocycles. The summed E-state index contributed by atoms with van der Waals surface area (Å²) in [5.74, 6) is -2.76. The zero-order chi connectivity index (χ0) is 20.9. The molecule has 2 aromatic carbocycles. The van der Waals surface area contributed by atoms with Crippen LogP contribution in [0.3, 0.4) is 0 Å². The SMILES string of the molecule is Cc1ccc(-c2noc(C(F)(F)F)c2-c2ccc(S(N)(=O)=O)c(F)c2)cc1Cl. The highest BCUT2D eigenvalue weighted by atomic mass is 35.5. The van der Waals surface area contributed by atoms with Crippen molar-refractivity contribution in [3.8, 4) is 22.4 Å². The average molecular weight is 435 g/mol. The molecule has 0 aliphatic rings. The van der Waals surface area contributed by atoms with Gasteiger partial charge in [-0.15, -0.1) is 0 Å². The van der Waals surface area contributed by atoms with E-state index in [9.17, 15) is 26.0 Å². The Labute approximate surface area is 161 Å². The number of benzene rings is 2. The van der Waals surface area contributed by atoms with Crippen molar-refractivity contribution in [1.82, 2.24) is 5.16 Å². The Morgan fingerprint density at radius 3 is 2.29 bits per heavy atom. The van der Waals surface area contributed by atoms with Gasteiger partial charge < -0.3 is 4.52 Å². The van der Waals surface area contributed by atoms with Gasteiger partial charge in [0.15, 0.2) is 0 Å². The Kier molecular flexibility index (Phi) is 4.98. The van der Waals surface area contributed by atoms with E-state index >= 15 is 0 Å². The molecule has 0 aliphatic carbocycles. The number of hydrogen-bond donors (Lipinski definition) is 1. The Morgan fingerprint density at radius 2 is 1.75 bits per heavy atom. The number of hydrogen-bond acceptors (Lipinski definition) is 4. The largest absolute Gasteiger partial charge is 0.453 e. The summed E-state index contributed by atoms with van der Waals surface area (Å²) in [4.78, 5) is -0.846. The van der Waals surface area contributed by atoms with Gasteiger partial charge in [0.2, 0.25) is 15.8 Å².